The molecule has 0 aromatic carbocycles. The molecule has 6 nitrogen and oxygen atoms in total. The fourth-order valence-corrected chi connectivity index (χ4v) is 4.19. The molecule has 3 rings (SSSR count). The van der Waals surface area contributed by atoms with E-state index < -0.39 is 21.9 Å². The summed E-state index contributed by atoms with van der Waals surface area (Å²) in [7, 11) is -3.27. The lowest BCUT2D eigenvalue weighted by atomic mass is 9.98. The van der Waals surface area contributed by atoms with Crippen LogP contribution in [0.2, 0.25) is 5.15 Å². The third-order valence-corrected chi connectivity index (χ3v) is 6.02. The van der Waals surface area contributed by atoms with Crippen molar-refractivity contribution in [3.05, 3.63) is 23.2 Å². The Morgan fingerprint density at radius 2 is 1.92 bits per heavy atom. The van der Waals surface area contributed by atoms with Gasteiger partial charge in [0.1, 0.15) is 22.8 Å². The van der Waals surface area contributed by atoms with E-state index in [2.05, 4.69) is 9.97 Å². The van der Waals surface area contributed by atoms with Crippen molar-refractivity contribution in [3.8, 4) is 0 Å². The molecule has 0 amide bonds. The van der Waals surface area contributed by atoms with Gasteiger partial charge in [0.25, 0.3) is 0 Å². The Morgan fingerprint density at radius 1 is 1.28 bits per heavy atom. The number of rotatable bonds is 3. The van der Waals surface area contributed by atoms with Gasteiger partial charge in [-0.05, 0) is 24.8 Å². The van der Waals surface area contributed by atoms with Gasteiger partial charge < -0.3 is 4.57 Å². The summed E-state index contributed by atoms with van der Waals surface area (Å²) in [5.74, 6) is -0.0801. The summed E-state index contributed by atoms with van der Waals surface area (Å²) >= 11 is 5.90. The fraction of sp³-hybridized carbons (Fsp3) is 0.571. The first kappa shape index (κ1) is 18.4. The van der Waals surface area contributed by atoms with E-state index in [-0.39, 0.29) is 28.6 Å². The monoisotopic (exact) mass is 396 g/mol. The maximum atomic E-state index is 13.4. The minimum absolute atomic E-state index is 0.0267. The molecule has 0 radical (unpaired) electrons. The van der Waals surface area contributed by atoms with Gasteiger partial charge in [-0.3, -0.25) is 0 Å². The molecule has 2 aromatic rings. The van der Waals surface area contributed by atoms with Gasteiger partial charge in [-0.2, -0.15) is 13.2 Å². The van der Waals surface area contributed by atoms with Crippen LogP contribution >= 0.6 is 11.6 Å². The van der Waals surface area contributed by atoms with E-state index in [0.29, 0.717) is 25.9 Å². The summed E-state index contributed by atoms with van der Waals surface area (Å²) in [6.45, 7) is 0.711. The molecule has 1 saturated heterocycles. The number of halogens is 4. The Morgan fingerprint density at radius 3 is 2.48 bits per heavy atom. The molecular weight excluding hydrogens is 381 g/mol. The van der Waals surface area contributed by atoms with Gasteiger partial charge in [0.2, 0.25) is 10.0 Å². The van der Waals surface area contributed by atoms with E-state index in [0.717, 1.165) is 23.2 Å². The van der Waals surface area contributed by atoms with Crippen molar-refractivity contribution in [3.63, 3.8) is 0 Å². The van der Waals surface area contributed by atoms with Gasteiger partial charge in [0, 0.05) is 19.6 Å². The number of hydrogen-bond donors (Lipinski definition) is 0. The highest BCUT2D eigenvalue weighted by Crippen LogP contribution is 2.36. The van der Waals surface area contributed by atoms with Crippen LogP contribution in [0.1, 0.15) is 18.5 Å². The number of aromatic nitrogens is 3. The summed E-state index contributed by atoms with van der Waals surface area (Å²) in [5.41, 5.74) is -0.687. The minimum atomic E-state index is -4.54. The van der Waals surface area contributed by atoms with E-state index >= 15 is 0 Å². The standard InChI is InChI=1S/C14H16ClF3N4O2S/c1-25(23,24)21-4-2-9(3-5-21)7-22-11(14(16,17)18)6-10-12(15)19-8-20-13(10)22/h6,8-9H,2-5,7H2,1H3. The maximum Gasteiger partial charge on any atom is 0.431 e. The third-order valence-electron chi connectivity index (χ3n) is 4.42. The zero-order chi connectivity index (χ0) is 18.4. The van der Waals surface area contributed by atoms with Crippen LogP contribution in [0.4, 0.5) is 13.2 Å². The van der Waals surface area contributed by atoms with Gasteiger partial charge in [-0.1, -0.05) is 11.6 Å². The van der Waals surface area contributed by atoms with Gasteiger partial charge in [-0.15, -0.1) is 0 Å². The first-order valence-electron chi connectivity index (χ1n) is 7.59. The van der Waals surface area contributed by atoms with Crippen molar-refractivity contribution >= 4 is 32.7 Å². The Kier molecular flexibility index (Phi) is 4.71. The minimum Gasteiger partial charge on any atom is -0.321 e. The lowest BCUT2D eigenvalue weighted by Crippen LogP contribution is -2.38. The molecule has 138 valence electrons. The number of sulfonamides is 1. The second kappa shape index (κ2) is 6.40. The first-order chi connectivity index (χ1) is 11.6. The molecule has 2 aromatic heterocycles. The van der Waals surface area contributed by atoms with E-state index in [9.17, 15) is 21.6 Å². The Bertz CT molecular complexity index is 889. The van der Waals surface area contributed by atoms with E-state index in [1.54, 1.807) is 0 Å². The number of fused-ring (bicyclic) bond motifs is 1. The van der Waals surface area contributed by atoms with Gasteiger partial charge in [-0.25, -0.2) is 22.7 Å². The van der Waals surface area contributed by atoms with Gasteiger partial charge >= 0.3 is 6.18 Å². The second-order valence-electron chi connectivity index (χ2n) is 6.15. The van der Waals surface area contributed by atoms with Crippen LogP contribution in [0.25, 0.3) is 11.0 Å². The largest absolute Gasteiger partial charge is 0.431 e. The lowest BCUT2D eigenvalue weighted by molar-refractivity contribution is -0.143. The highest BCUT2D eigenvalue weighted by Gasteiger charge is 2.37. The van der Waals surface area contributed by atoms with Crippen LogP contribution in [0.15, 0.2) is 12.4 Å². The molecule has 1 aliphatic rings. The van der Waals surface area contributed by atoms with Crippen molar-refractivity contribution in [1.82, 2.24) is 18.8 Å². The average molecular weight is 397 g/mol. The molecule has 0 aliphatic carbocycles. The predicted molar refractivity (Wildman–Crippen MR) is 86.7 cm³/mol. The number of hydrogen-bond acceptors (Lipinski definition) is 4. The van der Waals surface area contributed by atoms with Crippen LogP contribution < -0.4 is 0 Å². The highest BCUT2D eigenvalue weighted by atomic mass is 35.5. The molecule has 1 fully saturated rings. The Balaban J connectivity index is 1.90. The zero-order valence-corrected chi connectivity index (χ0v) is 14.9. The van der Waals surface area contributed by atoms with Crippen LogP contribution in [0.5, 0.6) is 0 Å². The fourth-order valence-electron chi connectivity index (χ4n) is 3.13. The SMILES string of the molecule is CS(=O)(=O)N1CCC(Cn2c(C(F)(F)F)cc3c(Cl)ncnc32)CC1. The molecular formula is C14H16ClF3N4O2S. The Hall–Kier alpha value is -1.39. The molecule has 0 saturated carbocycles. The molecule has 1 aliphatic heterocycles. The van der Waals surface area contributed by atoms with Crippen LogP contribution in [0, 0.1) is 5.92 Å². The maximum absolute atomic E-state index is 13.4. The number of nitrogens with zero attached hydrogens (tertiary/aromatic N) is 4. The quantitative estimate of drug-likeness (QED) is 0.748. The topological polar surface area (TPSA) is 68.1 Å². The summed E-state index contributed by atoms with van der Waals surface area (Å²) in [6, 6.07) is 0.962. The molecule has 0 unspecified atom stereocenters. The van der Waals surface area contributed by atoms with Gasteiger partial charge in [0.15, 0.2) is 0 Å². The molecule has 0 spiro atoms. The van der Waals surface area contributed by atoms with Crippen molar-refractivity contribution in [1.29, 1.82) is 0 Å². The van der Waals surface area contributed by atoms with Crippen LogP contribution in [-0.2, 0) is 22.7 Å². The molecule has 0 bridgehead atoms. The normalized spacial score (nSPS) is 18.1. The summed E-state index contributed by atoms with van der Waals surface area (Å²) < 4.78 is 65.7. The average Bonchev–Trinajstić information content (AvgIpc) is 2.87. The number of alkyl halides is 3. The summed E-state index contributed by atoms with van der Waals surface area (Å²) in [5, 5.41) is 0.131. The lowest BCUT2D eigenvalue weighted by Gasteiger charge is -2.30. The predicted octanol–water partition coefficient (Wildman–Crippen LogP) is 2.78. The second-order valence-corrected chi connectivity index (χ2v) is 8.49. The van der Waals surface area contributed by atoms with Gasteiger partial charge in [0.05, 0.1) is 11.6 Å². The van der Waals surface area contributed by atoms with Crippen LogP contribution in [0.3, 0.4) is 0 Å². The van der Waals surface area contributed by atoms with E-state index in [1.807, 2.05) is 0 Å². The molecule has 11 heteroatoms. The Labute approximate surface area is 147 Å². The molecule has 3 heterocycles. The molecule has 0 N–H and O–H groups in total. The number of piperidine rings is 1. The summed E-state index contributed by atoms with van der Waals surface area (Å²) in [6.07, 6.45) is -1.30. The van der Waals surface area contributed by atoms with E-state index in [4.69, 9.17) is 11.6 Å². The first-order valence-corrected chi connectivity index (χ1v) is 9.82. The van der Waals surface area contributed by atoms with Crippen molar-refractivity contribution in [2.45, 2.75) is 25.6 Å². The van der Waals surface area contributed by atoms with Crippen molar-refractivity contribution < 1.29 is 21.6 Å². The highest BCUT2D eigenvalue weighted by molar-refractivity contribution is 7.88. The van der Waals surface area contributed by atoms with Crippen molar-refractivity contribution in [2.75, 3.05) is 19.3 Å². The van der Waals surface area contributed by atoms with Crippen LogP contribution in [-0.4, -0.2) is 46.6 Å². The van der Waals surface area contributed by atoms with E-state index in [1.165, 1.54) is 4.31 Å². The smallest absolute Gasteiger partial charge is 0.321 e. The van der Waals surface area contributed by atoms with Crippen molar-refractivity contribution in [2.24, 2.45) is 5.92 Å². The summed E-state index contributed by atoms with van der Waals surface area (Å²) in [4.78, 5) is 7.68. The third kappa shape index (κ3) is 3.75. The molecule has 25 heavy (non-hydrogen) atoms. The molecule has 0 atom stereocenters. The zero-order valence-electron chi connectivity index (χ0n) is 13.3.